The van der Waals surface area contributed by atoms with Crippen molar-refractivity contribution in [1.82, 2.24) is 0 Å². The topological polar surface area (TPSA) is 46.5 Å². The van der Waals surface area contributed by atoms with Gasteiger partial charge in [0.15, 0.2) is 6.10 Å². The van der Waals surface area contributed by atoms with Gasteiger partial charge in [-0.05, 0) is 37.1 Å². The Kier molecular flexibility index (Phi) is 4.09. The molecule has 0 spiro atoms. The van der Waals surface area contributed by atoms with Gasteiger partial charge in [0.2, 0.25) is 0 Å². The molecule has 1 atom stereocenters. The fourth-order valence-corrected chi connectivity index (χ4v) is 2.04. The van der Waals surface area contributed by atoms with Crippen molar-refractivity contribution in [2.24, 2.45) is 0 Å². The fraction of sp³-hybridized carbons (Fsp3) is 0.353. The zero-order valence-corrected chi connectivity index (χ0v) is 12.1. The summed E-state index contributed by atoms with van der Waals surface area (Å²) in [6, 6.07) is 13.9. The summed E-state index contributed by atoms with van der Waals surface area (Å²) in [5, 5.41) is 12.2. The molecule has 3 heteroatoms. The predicted molar refractivity (Wildman–Crippen MR) is 79.5 cm³/mol. The first-order chi connectivity index (χ1) is 9.35. The molecule has 2 aromatic rings. The predicted octanol–water partition coefficient (Wildman–Crippen LogP) is 3.08. The lowest BCUT2D eigenvalue weighted by atomic mass is 10.0. The van der Waals surface area contributed by atoms with Crippen LogP contribution in [-0.4, -0.2) is 22.8 Å². The first-order valence-electron chi connectivity index (χ1n) is 6.74. The molecular weight excluding hydrogens is 252 g/mol. The zero-order chi connectivity index (χ0) is 14.8. The van der Waals surface area contributed by atoms with Gasteiger partial charge in [0, 0.05) is 6.42 Å². The van der Waals surface area contributed by atoms with Crippen LogP contribution in [0.5, 0.6) is 0 Å². The zero-order valence-electron chi connectivity index (χ0n) is 12.1. The monoisotopic (exact) mass is 272 g/mol. The van der Waals surface area contributed by atoms with E-state index in [4.69, 9.17) is 4.74 Å². The number of hydrogen-bond acceptors (Lipinski definition) is 3. The summed E-state index contributed by atoms with van der Waals surface area (Å²) in [4.78, 5) is 11.8. The molecule has 106 valence electrons. The van der Waals surface area contributed by atoms with E-state index >= 15 is 0 Å². The van der Waals surface area contributed by atoms with E-state index < -0.39 is 17.7 Å². The summed E-state index contributed by atoms with van der Waals surface area (Å²) in [7, 11) is 0. The standard InChI is InChI=1S/C17H20O3/c1-17(2,3)20-16(19)15(18)11-12-8-9-13-6-4-5-7-14(13)10-12/h4-10,15,18H,11H2,1-3H3. The van der Waals surface area contributed by atoms with Crippen LogP contribution in [-0.2, 0) is 16.0 Å². The number of fused-ring (bicyclic) bond motifs is 1. The van der Waals surface area contributed by atoms with E-state index in [9.17, 15) is 9.90 Å². The summed E-state index contributed by atoms with van der Waals surface area (Å²) in [6.45, 7) is 5.36. The quantitative estimate of drug-likeness (QED) is 0.873. The number of rotatable bonds is 3. The van der Waals surface area contributed by atoms with E-state index in [1.165, 1.54) is 0 Å². The number of aliphatic hydroxyl groups excluding tert-OH is 1. The van der Waals surface area contributed by atoms with Gasteiger partial charge in [0.05, 0.1) is 0 Å². The summed E-state index contributed by atoms with van der Waals surface area (Å²) in [6.07, 6.45) is -0.866. The van der Waals surface area contributed by atoms with E-state index in [-0.39, 0.29) is 6.42 Å². The molecule has 0 saturated carbocycles. The Labute approximate surface area is 119 Å². The lowest BCUT2D eigenvalue weighted by Crippen LogP contribution is -2.32. The van der Waals surface area contributed by atoms with Crippen LogP contribution >= 0.6 is 0 Å². The Hall–Kier alpha value is -1.87. The van der Waals surface area contributed by atoms with Crippen molar-refractivity contribution in [2.45, 2.75) is 38.9 Å². The van der Waals surface area contributed by atoms with Crippen LogP contribution < -0.4 is 0 Å². The fourth-order valence-electron chi connectivity index (χ4n) is 2.04. The molecule has 0 heterocycles. The third kappa shape index (κ3) is 3.81. The van der Waals surface area contributed by atoms with Crippen molar-refractivity contribution in [3.63, 3.8) is 0 Å². The maximum Gasteiger partial charge on any atom is 0.335 e. The number of carbonyl (C=O) groups is 1. The SMILES string of the molecule is CC(C)(C)OC(=O)C(O)Cc1ccc2ccccc2c1. The summed E-state index contributed by atoms with van der Waals surface area (Å²) in [5.74, 6) is -0.578. The smallest absolute Gasteiger partial charge is 0.335 e. The molecule has 0 aliphatic rings. The minimum Gasteiger partial charge on any atom is -0.458 e. The van der Waals surface area contributed by atoms with Crippen LogP contribution in [0.3, 0.4) is 0 Å². The highest BCUT2D eigenvalue weighted by molar-refractivity contribution is 5.83. The Balaban J connectivity index is 2.09. The Bertz CT molecular complexity index is 611. The lowest BCUT2D eigenvalue weighted by Gasteiger charge is -2.21. The Morgan fingerprint density at radius 2 is 1.80 bits per heavy atom. The van der Waals surface area contributed by atoms with Gasteiger partial charge >= 0.3 is 5.97 Å². The van der Waals surface area contributed by atoms with E-state index in [0.717, 1.165) is 16.3 Å². The van der Waals surface area contributed by atoms with Gasteiger partial charge in [-0.15, -0.1) is 0 Å². The van der Waals surface area contributed by atoms with E-state index in [1.54, 1.807) is 20.8 Å². The molecule has 1 N–H and O–H groups in total. The second-order valence-corrected chi connectivity index (χ2v) is 5.93. The van der Waals surface area contributed by atoms with Gasteiger partial charge in [0.25, 0.3) is 0 Å². The molecule has 0 saturated heterocycles. The van der Waals surface area contributed by atoms with E-state index in [2.05, 4.69) is 0 Å². The van der Waals surface area contributed by atoms with Crippen molar-refractivity contribution in [3.8, 4) is 0 Å². The molecule has 1 unspecified atom stereocenters. The van der Waals surface area contributed by atoms with Gasteiger partial charge in [-0.1, -0.05) is 42.5 Å². The molecule has 0 aliphatic heterocycles. The van der Waals surface area contributed by atoms with E-state index in [1.807, 2.05) is 42.5 Å². The molecule has 0 radical (unpaired) electrons. The summed E-state index contributed by atoms with van der Waals surface area (Å²) in [5.41, 5.74) is 0.337. The minimum atomic E-state index is -1.13. The van der Waals surface area contributed by atoms with Crippen LogP contribution in [0.4, 0.5) is 0 Å². The highest BCUT2D eigenvalue weighted by atomic mass is 16.6. The van der Waals surface area contributed by atoms with Crippen LogP contribution in [0.2, 0.25) is 0 Å². The highest BCUT2D eigenvalue weighted by Gasteiger charge is 2.23. The number of ether oxygens (including phenoxy) is 1. The van der Waals surface area contributed by atoms with Crippen LogP contribution in [0.15, 0.2) is 42.5 Å². The summed E-state index contributed by atoms with van der Waals surface area (Å²) >= 11 is 0. The maximum absolute atomic E-state index is 11.8. The third-order valence-electron chi connectivity index (χ3n) is 2.92. The summed E-state index contributed by atoms with van der Waals surface area (Å²) < 4.78 is 5.17. The van der Waals surface area contributed by atoms with Crippen molar-refractivity contribution in [2.75, 3.05) is 0 Å². The van der Waals surface area contributed by atoms with Gasteiger partial charge < -0.3 is 9.84 Å². The Morgan fingerprint density at radius 3 is 2.45 bits per heavy atom. The first-order valence-corrected chi connectivity index (χ1v) is 6.74. The molecule has 3 nitrogen and oxygen atoms in total. The second-order valence-electron chi connectivity index (χ2n) is 5.93. The van der Waals surface area contributed by atoms with Crippen LogP contribution in [0.1, 0.15) is 26.3 Å². The van der Waals surface area contributed by atoms with Gasteiger partial charge in [-0.25, -0.2) is 4.79 Å². The number of esters is 1. The molecule has 0 amide bonds. The Morgan fingerprint density at radius 1 is 1.15 bits per heavy atom. The van der Waals surface area contributed by atoms with Crippen molar-refractivity contribution >= 4 is 16.7 Å². The average Bonchev–Trinajstić information content (AvgIpc) is 2.36. The van der Waals surface area contributed by atoms with Crippen molar-refractivity contribution in [3.05, 3.63) is 48.0 Å². The molecule has 0 fully saturated rings. The number of aliphatic hydroxyl groups is 1. The average molecular weight is 272 g/mol. The van der Waals surface area contributed by atoms with Crippen LogP contribution in [0, 0.1) is 0 Å². The van der Waals surface area contributed by atoms with Gasteiger partial charge in [0.1, 0.15) is 5.60 Å². The normalized spacial score (nSPS) is 13.2. The number of benzene rings is 2. The number of carbonyl (C=O) groups excluding carboxylic acids is 1. The van der Waals surface area contributed by atoms with Crippen molar-refractivity contribution in [1.29, 1.82) is 0 Å². The molecule has 20 heavy (non-hydrogen) atoms. The first kappa shape index (κ1) is 14.5. The highest BCUT2D eigenvalue weighted by Crippen LogP contribution is 2.17. The second kappa shape index (κ2) is 5.63. The van der Waals surface area contributed by atoms with Gasteiger partial charge in [-0.2, -0.15) is 0 Å². The minimum absolute atomic E-state index is 0.264. The lowest BCUT2D eigenvalue weighted by molar-refractivity contribution is -0.164. The molecule has 0 aromatic heterocycles. The molecular formula is C17H20O3. The molecule has 0 bridgehead atoms. The maximum atomic E-state index is 11.8. The largest absolute Gasteiger partial charge is 0.458 e. The van der Waals surface area contributed by atoms with Gasteiger partial charge in [-0.3, -0.25) is 0 Å². The molecule has 2 rings (SSSR count). The molecule has 0 aliphatic carbocycles. The van der Waals surface area contributed by atoms with Crippen molar-refractivity contribution < 1.29 is 14.6 Å². The van der Waals surface area contributed by atoms with Crippen LogP contribution in [0.25, 0.3) is 10.8 Å². The van der Waals surface area contributed by atoms with E-state index in [0.29, 0.717) is 0 Å². The molecule has 2 aromatic carbocycles. The number of hydrogen-bond donors (Lipinski definition) is 1. The third-order valence-corrected chi connectivity index (χ3v) is 2.92.